The highest BCUT2D eigenvalue weighted by Crippen LogP contribution is 2.29. The van der Waals surface area contributed by atoms with Crippen LogP contribution in [-0.2, 0) is 14.8 Å². The third-order valence-corrected chi connectivity index (χ3v) is 5.30. The van der Waals surface area contributed by atoms with Crippen LogP contribution in [0.1, 0.15) is 5.56 Å². The van der Waals surface area contributed by atoms with E-state index >= 15 is 0 Å². The fraction of sp³-hybridized carbons (Fsp3) is 0.235. The first-order valence-corrected chi connectivity index (χ1v) is 10.3. The van der Waals surface area contributed by atoms with Gasteiger partial charge in [-0.3, -0.25) is 9.10 Å². The Hall–Kier alpha value is -1.81. The van der Waals surface area contributed by atoms with E-state index < -0.39 is 15.9 Å². The summed E-state index contributed by atoms with van der Waals surface area (Å²) in [6, 6.07) is 12.3. The Kier molecular flexibility index (Phi) is 6.28. The van der Waals surface area contributed by atoms with Crippen molar-refractivity contribution >= 4 is 49.9 Å². The molecule has 25 heavy (non-hydrogen) atoms. The van der Waals surface area contributed by atoms with Gasteiger partial charge in [0.05, 0.1) is 19.1 Å². The Morgan fingerprint density at radius 3 is 2.52 bits per heavy atom. The summed E-state index contributed by atoms with van der Waals surface area (Å²) < 4.78 is 31.7. The van der Waals surface area contributed by atoms with Gasteiger partial charge in [-0.05, 0) is 65.4 Å². The number of hydrogen-bond donors (Lipinski definition) is 1. The topological polar surface area (TPSA) is 75.7 Å². The molecule has 0 aromatic heterocycles. The molecule has 1 amide bonds. The summed E-state index contributed by atoms with van der Waals surface area (Å²) in [7, 11) is -2.21. The Balaban J connectivity index is 2.27. The number of hydrogen-bond acceptors (Lipinski definition) is 4. The van der Waals surface area contributed by atoms with Gasteiger partial charge >= 0.3 is 0 Å². The molecule has 0 radical (unpaired) electrons. The first kappa shape index (κ1) is 19.5. The Bertz CT molecular complexity index is 884. The quantitative estimate of drug-likeness (QED) is 0.654. The summed E-state index contributed by atoms with van der Waals surface area (Å²) in [6.07, 6.45) is 1.06. The number of rotatable bonds is 6. The Labute approximate surface area is 161 Å². The van der Waals surface area contributed by atoms with Gasteiger partial charge in [0, 0.05) is 9.26 Å². The largest absolute Gasteiger partial charge is 0.495 e. The van der Waals surface area contributed by atoms with Crippen LogP contribution in [0.3, 0.4) is 0 Å². The summed E-state index contributed by atoms with van der Waals surface area (Å²) >= 11 is 2.19. The molecule has 2 aromatic carbocycles. The van der Waals surface area contributed by atoms with Crippen molar-refractivity contribution in [1.29, 1.82) is 0 Å². The number of para-hydroxylation sites is 2. The van der Waals surface area contributed by atoms with E-state index in [1.807, 2.05) is 19.1 Å². The van der Waals surface area contributed by atoms with E-state index in [2.05, 4.69) is 27.9 Å². The highest BCUT2D eigenvalue weighted by Gasteiger charge is 2.23. The molecule has 0 saturated carbocycles. The minimum absolute atomic E-state index is 0.321. The molecule has 0 aliphatic carbocycles. The van der Waals surface area contributed by atoms with E-state index in [1.165, 1.54) is 7.11 Å². The molecular weight excluding hydrogens is 455 g/mol. The van der Waals surface area contributed by atoms with E-state index in [1.54, 1.807) is 30.3 Å². The highest BCUT2D eigenvalue weighted by molar-refractivity contribution is 14.1. The molecule has 0 atom stereocenters. The maximum absolute atomic E-state index is 12.4. The molecule has 0 aliphatic heterocycles. The minimum Gasteiger partial charge on any atom is -0.495 e. The van der Waals surface area contributed by atoms with Crippen molar-refractivity contribution in [2.24, 2.45) is 0 Å². The maximum Gasteiger partial charge on any atom is 0.245 e. The third kappa shape index (κ3) is 5.08. The maximum atomic E-state index is 12.4. The number of carbonyl (C=O) groups excluding carboxylic acids is 1. The molecule has 2 aromatic rings. The van der Waals surface area contributed by atoms with Crippen LogP contribution >= 0.6 is 22.6 Å². The van der Waals surface area contributed by atoms with Crippen molar-refractivity contribution in [3.63, 3.8) is 0 Å². The molecule has 0 bridgehead atoms. The zero-order valence-corrected chi connectivity index (χ0v) is 17.1. The van der Waals surface area contributed by atoms with Gasteiger partial charge in [-0.25, -0.2) is 8.42 Å². The van der Waals surface area contributed by atoms with Crippen molar-refractivity contribution in [2.45, 2.75) is 6.92 Å². The van der Waals surface area contributed by atoms with E-state index in [9.17, 15) is 13.2 Å². The van der Waals surface area contributed by atoms with Crippen LogP contribution in [0.15, 0.2) is 42.5 Å². The molecule has 1 N–H and O–H groups in total. The average Bonchev–Trinajstić information content (AvgIpc) is 2.54. The second-order valence-electron chi connectivity index (χ2n) is 5.45. The lowest BCUT2D eigenvalue weighted by atomic mass is 10.2. The van der Waals surface area contributed by atoms with Gasteiger partial charge in [-0.1, -0.05) is 12.1 Å². The molecule has 0 fully saturated rings. The van der Waals surface area contributed by atoms with E-state index in [0.717, 1.165) is 19.7 Å². The number of halogens is 1. The van der Waals surface area contributed by atoms with Crippen LogP contribution in [-0.4, -0.2) is 34.2 Å². The van der Waals surface area contributed by atoms with E-state index in [4.69, 9.17) is 4.74 Å². The fourth-order valence-electron chi connectivity index (χ4n) is 2.30. The number of anilines is 2. The van der Waals surface area contributed by atoms with Crippen molar-refractivity contribution < 1.29 is 17.9 Å². The lowest BCUT2D eigenvalue weighted by Gasteiger charge is -2.23. The van der Waals surface area contributed by atoms with Crippen LogP contribution in [0.5, 0.6) is 5.75 Å². The molecule has 2 rings (SSSR count). The first-order chi connectivity index (χ1) is 11.7. The smallest absolute Gasteiger partial charge is 0.245 e. The first-order valence-electron chi connectivity index (χ1n) is 7.39. The SMILES string of the molecule is COc1ccccc1N(CC(=O)Nc1ccc(I)cc1C)S(C)(=O)=O. The minimum atomic E-state index is -3.66. The van der Waals surface area contributed by atoms with Crippen molar-refractivity contribution in [3.05, 3.63) is 51.6 Å². The normalized spacial score (nSPS) is 11.0. The monoisotopic (exact) mass is 474 g/mol. The number of nitrogens with zero attached hydrogens (tertiary/aromatic N) is 1. The van der Waals surface area contributed by atoms with E-state index in [-0.39, 0.29) is 6.54 Å². The fourth-order valence-corrected chi connectivity index (χ4v) is 3.81. The summed E-state index contributed by atoms with van der Waals surface area (Å²) in [4.78, 5) is 12.4. The van der Waals surface area contributed by atoms with Crippen molar-refractivity contribution in [2.75, 3.05) is 29.5 Å². The summed E-state index contributed by atoms with van der Waals surface area (Å²) in [5.41, 5.74) is 1.88. The lowest BCUT2D eigenvalue weighted by molar-refractivity contribution is -0.114. The van der Waals surface area contributed by atoms with Crippen LogP contribution in [0.25, 0.3) is 0 Å². The molecule has 134 valence electrons. The van der Waals surface area contributed by atoms with Crippen LogP contribution in [0.4, 0.5) is 11.4 Å². The van der Waals surface area contributed by atoms with Crippen molar-refractivity contribution in [1.82, 2.24) is 0 Å². The predicted molar refractivity (Wildman–Crippen MR) is 108 cm³/mol. The van der Waals surface area contributed by atoms with Gasteiger partial charge in [0.2, 0.25) is 15.9 Å². The zero-order chi connectivity index (χ0) is 18.6. The zero-order valence-electron chi connectivity index (χ0n) is 14.1. The van der Waals surface area contributed by atoms with Gasteiger partial charge < -0.3 is 10.1 Å². The summed E-state index contributed by atoms with van der Waals surface area (Å²) in [5, 5.41) is 2.76. The number of benzene rings is 2. The van der Waals surface area contributed by atoms with Crippen LogP contribution < -0.4 is 14.4 Å². The number of aryl methyl sites for hydroxylation is 1. The van der Waals surface area contributed by atoms with Gasteiger partial charge in [0.1, 0.15) is 12.3 Å². The second kappa shape index (κ2) is 8.05. The highest BCUT2D eigenvalue weighted by atomic mass is 127. The standard InChI is InChI=1S/C17H19IN2O4S/c1-12-10-13(18)8-9-14(12)19-17(21)11-20(25(3,22)23)15-6-4-5-7-16(15)24-2/h4-10H,11H2,1-3H3,(H,19,21). The molecular formula is C17H19IN2O4S. The molecule has 6 nitrogen and oxygen atoms in total. The number of sulfonamides is 1. The summed E-state index contributed by atoms with van der Waals surface area (Å²) in [6.45, 7) is 1.54. The molecule has 0 saturated heterocycles. The van der Waals surface area contributed by atoms with Crippen molar-refractivity contribution in [3.8, 4) is 5.75 Å². The molecule has 0 heterocycles. The van der Waals surface area contributed by atoms with Gasteiger partial charge in [-0.2, -0.15) is 0 Å². The molecule has 0 aliphatic rings. The number of nitrogens with one attached hydrogen (secondary N) is 1. The number of amides is 1. The second-order valence-corrected chi connectivity index (χ2v) is 8.60. The average molecular weight is 474 g/mol. The predicted octanol–water partition coefficient (Wildman–Crippen LogP) is 3.01. The molecule has 8 heteroatoms. The van der Waals surface area contributed by atoms with Gasteiger partial charge in [0.15, 0.2) is 0 Å². The summed E-state index contributed by atoms with van der Waals surface area (Å²) in [5.74, 6) is -0.0493. The third-order valence-electron chi connectivity index (χ3n) is 3.50. The number of carbonyl (C=O) groups is 1. The van der Waals surface area contributed by atoms with Crippen LogP contribution in [0.2, 0.25) is 0 Å². The van der Waals surface area contributed by atoms with Gasteiger partial charge in [0.25, 0.3) is 0 Å². The van der Waals surface area contributed by atoms with Gasteiger partial charge in [-0.15, -0.1) is 0 Å². The molecule has 0 spiro atoms. The Morgan fingerprint density at radius 2 is 1.92 bits per heavy atom. The van der Waals surface area contributed by atoms with E-state index in [0.29, 0.717) is 17.1 Å². The molecule has 0 unspecified atom stereocenters. The number of methoxy groups -OCH3 is 1. The lowest BCUT2D eigenvalue weighted by Crippen LogP contribution is -2.37. The van der Waals surface area contributed by atoms with Crippen LogP contribution in [0, 0.1) is 10.5 Å². The Morgan fingerprint density at radius 1 is 1.24 bits per heavy atom. The number of ether oxygens (including phenoxy) is 1.